The van der Waals surface area contributed by atoms with Gasteiger partial charge in [-0.3, -0.25) is 0 Å². The van der Waals surface area contributed by atoms with Gasteiger partial charge in [0.2, 0.25) is 0 Å². The molecule has 0 aliphatic rings. The number of nitrogens with zero attached hydrogens (tertiary/aromatic N) is 1. The third-order valence-electron chi connectivity index (χ3n) is 3.67. The van der Waals surface area contributed by atoms with Crippen LogP contribution in [0.3, 0.4) is 0 Å². The molecule has 0 spiro atoms. The second-order valence-electron chi connectivity index (χ2n) is 4.98. The first kappa shape index (κ1) is 13.3. The molecular weight excluding hydrogens is 194 g/mol. The Hall–Kier alpha value is -0.720. The molecule has 0 fully saturated rings. The van der Waals surface area contributed by atoms with Gasteiger partial charge in [-0.1, -0.05) is 39.0 Å². The number of aromatic nitrogens is 1. The van der Waals surface area contributed by atoms with E-state index in [0.717, 1.165) is 0 Å². The lowest BCUT2D eigenvalue weighted by Gasteiger charge is -2.06. The zero-order chi connectivity index (χ0) is 12.0. The average Bonchev–Trinajstić information content (AvgIpc) is 2.51. The highest BCUT2D eigenvalue weighted by Gasteiger charge is 2.04. The maximum absolute atomic E-state index is 2.42. The van der Waals surface area contributed by atoms with Gasteiger partial charge in [0, 0.05) is 18.4 Å². The van der Waals surface area contributed by atoms with E-state index in [1.165, 1.54) is 61.9 Å². The van der Waals surface area contributed by atoms with Gasteiger partial charge < -0.3 is 4.57 Å². The number of hydrogen-bond acceptors (Lipinski definition) is 0. The van der Waals surface area contributed by atoms with Gasteiger partial charge in [0.1, 0.15) is 0 Å². The van der Waals surface area contributed by atoms with Crippen molar-refractivity contribution in [3.8, 4) is 0 Å². The predicted octanol–water partition coefficient (Wildman–Crippen LogP) is 4.77. The first-order valence-electron chi connectivity index (χ1n) is 6.79. The molecule has 0 aliphatic carbocycles. The molecule has 1 nitrogen and oxygen atoms in total. The van der Waals surface area contributed by atoms with Crippen molar-refractivity contribution in [2.75, 3.05) is 0 Å². The third kappa shape index (κ3) is 3.70. The van der Waals surface area contributed by atoms with Crippen molar-refractivity contribution >= 4 is 0 Å². The van der Waals surface area contributed by atoms with E-state index in [1.54, 1.807) is 0 Å². The Bertz CT molecular complexity index is 309. The van der Waals surface area contributed by atoms with Crippen molar-refractivity contribution in [2.45, 2.75) is 72.8 Å². The first-order valence-corrected chi connectivity index (χ1v) is 6.79. The summed E-state index contributed by atoms with van der Waals surface area (Å²) in [5.74, 6) is 0. The maximum atomic E-state index is 2.42. The van der Waals surface area contributed by atoms with E-state index in [2.05, 4.69) is 38.5 Å². The molecule has 0 amide bonds. The minimum atomic E-state index is 1.20. The molecule has 1 heteroatoms. The number of aryl methyl sites for hydroxylation is 2. The minimum absolute atomic E-state index is 1.20. The summed E-state index contributed by atoms with van der Waals surface area (Å²) in [4.78, 5) is 0. The predicted molar refractivity (Wildman–Crippen MR) is 72.0 cm³/mol. The van der Waals surface area contributed by atoms with E-state index in [-0.39, 0.29) is 0 Å². The Balaban J connectivity index is 2.24. The van der Waals surface area contributed by atoms with Gasteiger partial charge in [0.25, 0.3) is 0 Å². The molecule has 0 saturated heterocycles. The van der Waals surface area contributed by atoms with Gasteiger partial charge in [0.05, 0.1) is 0 Å². The summed E-state index contributed by atoms with van der Waals surface area (Å²) in [6.45, 7) is 10.1. The molecule has 0 aliphatic heterocycles. The molecule has 0 aromatic carbocycles. The zero-order valence-electron chi connectivity index (χ0n) is 11.5. The van der Waals surface area contributed by atoms with Crippen molar-refractivity contribution < 1.29 is 0 Å². The van der Waals surface area contributed by atoms with Crippen LogP contribution in [0.4, 0.5) is 0 Å². The molecule has 0 radical (unpaired) electrons. The van der Waals surface area contributed by atoms with Gasteiger partial charge in [-0.25, -0.2) is 0 Å². The molecule has 1 heterocycles. The lowest BCUT2D eigenvalue weighted by atomic mass is 10.1. The zero-order valence-corrected chi connectivity index (χ0v) is 11.5. The molecule has 1 aromatic heterocycles. The monoisotopic (exact) mass is 221 g/mol. The fraction of sp³-hybridized carbons (Fsp3) is 0.733. The van der Waals surface area contributed by atoms with Crippen LogP contribution < -0.4 is 0 Å². The van der Waals surface area contributed by atoms with Crippen molar-refractivity contribution in [3.05, 3.63) is 23.0 Å². The second kappa shape index (κ2) is 6.78. The second-order valence-corrected chi connectivity index (χ2v) is 4.98. The fourth-order valence-corrected chi connectivity index (χ4v) is 2.22. The molecule has 0 bridgehead atoms. The maximum Gasteiger partial charge on any atom is 0.0222 e. The number of unbranched alkanes of at least 4 members (excludes halogenated alkanes) is 5. The third-order valence-corrected chi connectivity index (χ3v) is 3.67. The molecule has 0 atom stereocenters. The molecule has 16 heavy (non-hydrogen) atoms. The normalized spacial score (nSPS) is 11.0. The summed E-state index contributed by atoms with van der Waals surface area (Å²) in [6, 6.07) is 0. The Morgan fingerprint density at radius 1 is 0.938 bits per heavy atom. The van der Waals surface area contributed by atoms with Crippen LogP contribution in [-0.4, -0.2) is 4.57 Å². The van der Waals surface area contributed by atoms with Crippen molar-refractivity contribution in [2.24, 2.45) is 0 Å². The Kier molecular flexibility index (Phi) is 5.65. The quantitative estimate of drug-likeness (QED) is 0.584. The number of hydrogen-bond donors (Lipinski definition) is 0. The van der Waals surface area contributed by atoms with Gasteiger partial charge in [-0.15, -0.1) is 0 Å². The van der Waals surface area contributed by atoms with Crippen LogP contribution in [0, 0.1) is 20.8 Å². The largest absolute Gasteiger partial charge is 0.351 e. The molecule has 92 valence electrons. The van der Waals surface area contributed by atoms with Crippen molar-refractivity contribution in [3.63, 3.8) is 0 Å². The van der Waals surface area contributed by atoms with Crippen LogP contribution in [0.2, 0.25) is 0 Å². The van der Waals surface area contributed by atoms with Crippen LogP contribution in [0.25, 0.3) is 0 Å². The smallest absolute Gasteiger partial charge is 0.0222 e. The standard InChI is InChI=1S/C15H27N/c1-5-6-7-8-9-10-11-16-12-13(2)14(3)15(16)4/h12H,5-11H2,1-4H3. The highest BCUT2D eigenvalue weighted by molar-refractivity contribution is 5.28. The lowest BCUT2D eigenvalue weighted by molar-refractivity contribution is 0.553. The number of rotatable bonds is 7. The Morgan fingerprint density at radius 2 is 1.56 bits per heavy atom. The van der Waals surface area contributed by atoms with Gasteiger partial charge in [0.15, 0.2) is 0 Å². The molecule has 0 saturated carbocycles. The molecule has 1 aromatic rings. The SMILES string of the molecule is CCCCCCCCn1cc(C)c(C)c1C. The topological polar surface area (TPSA) is 4.93 Å². The average molecular weight is 221 g/mol. The summed E-state index contributed by atoms with van der Waals surface area (Å²) in [5.41, 5.74) is 4.35. The Morgan fingerprint density at radius 3 is 2.12 bits per heavy atom. The summed E-state index contributed by atoms with van der Waals surface area (Å²) >= 11 is 0. The van der Waals surface area contributed by atoms with E-state index in [1.807, 2.05) is 0 Å². The summed E-state index contributed by atoms with van der Waals surface area (Å²) < 4.78 is 2.42. The fourth-order valence-electron chi connectivity index (χ4n) is 2.22. The van der Waals surface area contributed by atoms with Gasteiger partial charge >= 0.3 is 0 Å². The van der Waals surface area contributed by atoms with Crippen LogP contribution in [0.15, 0.2) is 6.20 Å². The molecule has 0 unspecified atom stereocenters. The highest BCUT2D eigenvalue weighted by atomic mass is 15.0. The molecule has 0 N–H and O–H groups in total. The van der Waals surface area contributed by atoms with E-state index in [0.29, 0.717) is 0 Å². The lowest BCUT2D eigenvalue weighted by Crippen LogP contribution is -1.98. The van der Waals surface area contributed by atoms with E-state index in [4.69, 9.17) is 0 Å². The van der Waals surface area contributed by atoms with Crippen LogP contribution in [0.1, 0.15) is 62.3 Å². The summed E-state index contributed by atoms with van der Waals surface area (Å²) in [7, 11) is 0. The van der Waals surface area contributed by atoms with E-state index in [9.17, 15) is 0 Å². The van der Waals surface area contributed by atoms with Crippen LogP contribution in [-0.2, 0) is 6.54 Å². The van der Waals surface area contributed by atoms with Gasteiger partial charge in [-0.2, -0.15) is 0 Å². The summed E-state index contributed by atoms with van der Waals surface area (Å²) in [5, 5.41) is 0. The molecular formula is C15H27N. The summed E-state index contributed by atoms with van der Waals surface area (Å²) in [6.07, 6.45) is 10.6. The first-order chi connectivity index (χ1) is 7.66. The van der Waals surface area contributed by atoms with E-state index < -0.39 is 0 Å². The van der Waals surface area contributed by atoms with Crippen LogP contribution in [0.5, 0.6) is 0 Å². The van der Waals surface area contributed by atoms with Gasteiger partial charge in [-0.05, 0) is 38.3 Å². The van der Waals surface area contributed by atoms with Crippen LogP contribution >= 0.6 is 0 Å². The van der Waals surface area contributed by atoms with Crippen molar-refractivity contribution in [1.29, 1.82) is 0 Å². The minimum Gasteiger partial charge on any atom is -0.351 e. The highest BCUT2D eigenvalue weighted by Crippen LogP contribution is 2.15. The molecule has 1 rings (SSSR count). The Labute approximate surface area is 101 Å². The van der Waals surface area contributed by atoms with Crippen molar-refractivity contribution in [1.82, 2.24) is 4.57 Å². The van der Waals surface area contributed by atoms with E-state index >= 15 is 0 Å².